The SMILES string of the molecule is [2H]c1c([2H])c([2H])c(-c2ccc3c4ccccc4n(-c4c([N+]#[C-])c(-c5c([2H])c([2H])c([2H])c([2H])c5[2H])c(C#N)c(-n5c6c(ccc7c8ccccc8sc76)c6ccc7c(sc8cccc(-c9c([2H])c([2H])c([2H])c([2H])c9[2H])c87)c65)c4-c4c([2H])c([2H])c([2H])c([2H])c4[2H])c3c2)c([2H])c1[2H]. The first kappa shape index (κ1) is 26.8. The monoisotopic (exact) mass is 994 g/mol. The molecule has 0 saturated carbocycles. The molecule has 15 rings (SSSR count). The Morgan fingerprint density at radius 2 is 0.986 bits per heavy atom. The van der Waals surface area contributed by atoms with E-state index >= 15 is 0 Å². The van der Waals surface area contributed by atoms with E-state index in [1.54, 1.807) is 63.7 Å². The van der Waals surface area contributed by atoms with Gasteiger partial charge >= 0.3 is 0 Å². The van der Waals surface area contributed by atoms with Gasteiger partial charge in [-0.1, -0.05) is 206 Å². The number of hydrogen-bond acceptors (Lipinski definition) is 3. The van der Waals surface area contributed by atoms with Crippen LogP contribution in [0.25, 0.3) is 145 Å². The average molecular weight is 995 g/mol. The van der Waals surface area contributed by atoms with Crippen molar-refractivity contribution in [3.63, 3.8) is 0 Å². The minimum Gasteiger partial charge on any atom is -0.318 e. The van der Waals surface area contributed by atoms with Crippen molar-refractivity contribution in [2.75, 3.05) is 0 Å². The van der Waals surface area contributed by atoms with E-state index in [1.807, 2.05) is 48.5 Å². The number of benzene rings is 11. The maximum Gasteiger partial charge on any atom is 0.220 e. The van der Waals surface area contributed by atoms with Gasteiger partial charge in [-0.3, -0.25) is 0 Å². The van der Waals surface area contributed by atoms with E-state index in [0.29, 0.717) is 57.5 Å². The molecule has 342 valence electrons. The summed E-state index contributed by atoms with van der Waals surface area (Å²) in [5.74, 6) is 0. The van der Waals surface area contributed by atoms with Crippen molar-refractivity contribution in [3.05, 3.63) is 247 Å². The standard InChI is InChI=1S/C68H38N4S2/c1-70-62-59(43-23-10-4-11-24-43)54(40-69)63(60(44-25-12-5-13-26-44)66(62)71-55-30-16-14-27-47(55)48-34-33-45(39-56(48)71)41-19-6-2-7-20-41)72-64-50(35-37-52-49-28-15-17-31-57(49)73-67(52)64)51-36-38-53-61-46(42-21-8-3-9-22-42)29-18-32-58(61)74-68(53)65(51)72/h2-39H/i2D,3D,4D,5D,6D,7D,8D,9D,10D,11D,12D,13D,19D,20D,21D,22D,23D,24D,25D,26D. The smallest absolute Gasteiger partial charge is 0.220 e. The third-order valence-corrected chi connectivity index (χ3v) is 16.1. The molecular formula is C68H38N4S2. The average Bonchev–Trinajstić information content (AvgIpc) is 1.43. The Bertz CT molecular complexity index is 6050. The Kier molecular flexibility index (Phi) is 5.97. The molecular weight excluding hydrogens is 937 g/mol. The highest BCUT2D eigenvalue weighted by atomic mass is 32.1. The predicted octanol–water partition coefficient (Wildman–Crippen LogP) is 19.7. The quantitative estimate of drug-likeness (QED) is 0.153. The van der Waals surface area contributed by atoms with Crippen LogP contribution in [0.4, 0.5) is 5.69 Å². The molecule has 11 aromatic carbocycles. The second-order valence-corrected chi connectivity index (χ2v) is 19.5. The lowest BCUT2D eigenvalue weighted by Crippen LogP contribution is -2.09. The van der Waals surface area contributed by atoms with Gasteiger partial charge in [-0.15, -0.1) is 22.7 Å². The van der Waals surface area contributed by atoms with Gasteiger partial charge < -0.3 is 9.13 Å². The summed E-state index contributed by atoms with van der Waals surface area (Å²) in [4.78, 5) is 4.20. The number of rotatable bonds is 6. The number of para-hydroxylation sites is 1. The summed E-state index contributed by atoms with van der Waals surface area (Å²) in [6.07, 6.45) is 0. The Labute approximate surface area is 461 Å². The highest BCUT2D eigenvalue weighted by molar-refractivity contribution is 7.27. The highest BCUT2D eigenvalue weighted by Gasteiger charge is 2.33. The molecule has 15 aromatic rings. The van der Waals surface area contributed by atoms with Crippen LogP contribution >= 0.6 is 22.7 Å². The van der Waals surface area contributed by atoms with E-state index in [9.17, 15) is 25.5 Å². The number of nitrogens with zero attached hydrogens (tertiary/aromatic N) is 4. The van der Waals surface area contributed by atoms with Gasteiger partial charge in [0.05, 0.1) is 82.4 Å². The Morgan fingerprint density at radius 3 is 1.68 bits per heavy atom. The fraction of sp³-hybridized carbons (Fsp3) is 0. The summed E-state index contributed by atoms with van der Waals surface area (Å²) in [5.41, 5.74) is -2.51. The second kappa shape index (κ2) is 16.5. The topological polar surface area (TPSA) is 38.0 Å². The number of hydrogen-bond donors (Lipinski definition) is 0. The first-order valence-electron chi connectivity index (χ1n) is 33.0. The first-order valence-corrected chi connectivity index (χ1v) is 24.7. The van der Waals surface area contributed by atoms with Crippen LogP contribution in [0, 0.1) is 17.9 Å². The summed E-state index contributed by atoms with van der Waals surface area (Å²) in [6, 6.07) is 20.4. The zero-order valence-corrected chi connectivity index (χ0v) is 39.6. The van der Waals surface area contributed by atoms with Gasteiger partial charge in [0.1, 0.15) is 6.07 Å². The molecule has 0 fully saturated rings. The van der Waals surface area contributed by atoms with Gasteiger partial charge in [-0.05, 0) is 57.6 Å². The van der Waals surface area contributed by atoms with Crippen LogP contribution in [0.2, 0.25) is 0 Å². The minimum atomic E-state index is -0.834. The maximum absolute atomic E-state index is 12.6. The largest absolute Gasteiger partial charge is 0.318 e. The molecule has 0 N–H and O–H groups in total. The van der Waals surface area contributed by atoms with Crippen molar-refractivity contribution in [2.24, 2.45) is 0 Å². The van der Waals surface area contributed by atoms with E-state index in [-0.39, 0.29) is 50.2 Å². The zero-order chi connectivity index (χ0) is 66.4. The zero-order valence-electron chi connectivity index (χ0n) is 58.0. The van der Waals surface area contributed by atoms with Gasteiger partial charge in [0, 0.05) is 63.6 Å². The number of nitriles is 1. The molecule has 4 heterocycles. The lowest BCUT2D eigenvalue weighted by atomic mass is 9.88. The number of thiophene rings is 2. The van der Waals surface area contributed by atoms with Crippen LogP contribution in [-0.4, -0.2) is 9.13 Å². The first-order chi connectivity index (χ1) is 45.0. The van der Waals surface area contributed by atoms with Crippen molar-refractivity contribution in [1.29, 1.82) is 5.26 Å². The molecule has 6 heteroatoms. The molecule has 0 bridgehead atoms. The van der Waals surface area contributed by atoms with E-state index in [2.05, 4.69) is 10.9 Å². The summed E-state index contributed by atoms with van der Waals surface area (Å²) in [5, 5.41) is 17.1. The maximum atomic E-state index is 12.6. The fourth-order valence-electron chi connectivity index (χ4n) is 10.8. The van der Waals surface area contributed by atoms with Crippen molar-refractivity contribution >= 4 is 112 Å². The summed E-state index contributed by atoms with van der Waals surface area (Å²) in [6.45, 7) is 9.53. The molecule has 0 radical (unpaired) electrons. The lowest BCUT2D eigenvalue weighted by molar-refractivity contribution is 1.14. The molecule has 4 aromatic heterocycles. The molecule has 0 saturated heterocycles. The van der Waals surface area contributed by atoms with Crippen LogP contribution in [0.5, 0.6) is 0 Å². The Hall–Kier alpha value is -9.56. The van der Waals surface area contributed by atoms with Crippen LogP contribution in [0.3, 0.4) is 0 Å². The van der Waals surface area contributed by atoms with Gasteiger partial charge in [0.15, 0.2) is 0 Å². The molecule has 4 nitrogen and oxygen atoms in total. The molecule has 0 amide bonds. The van der Waals surface area contributed by atoms with Gasteiger partial charge in [-0.25, -0.2) is 4.85 Å². The fourth-order valence-corrected chi connectivity index (χ4v) is 13.3. The summed E-state index contributed by atoms with van der Waals surface area (Å²) < 4.78 is 189. The third kappa shape index (κ3) is 6.05. The molecule has 0 unspecified atom stereocenters. The Morgan fingerprint density at radius 1 is 0.446 bits per heavy atom. The molecule has 0 aliphatic carbocycles. The van der Waals surface area contributed by atoms with Crippen molar-refractivity contribution in [2.45, 2.75) is 0 Å². The number of fused-ring (bicyclic) bond motifs is 14. The molecule has 0 spiro atoms. The van der Waals surface area contributed by atoms with Gasteiger partial charge in [0.25, 0.3) is 0 Å². The van der Waals surface area contributed by atoms with E-state index in [0.717, 1.165) is 15.5 Å². The molecule has 0 aliphatic heterocycles. The Balaban J connectivity index is 1.28. The van der Waals surface area contributed by atoms with Crippen LogP contribution < -0.4 is 0 Å². The summed E-state index contributed by atoms with van der Waals surface area (Å²) in [7, 11) is 0. The van der Waals surface area contributed by atoms with Gasteiger partial charge in [-0.2, -0.15) is 5.26 Å². The van der Waals surface area contributed by atoms with Crippen LogP contribution in [0.1, 0.15) is 33.0 Å². The van der Waals surface area contributed by atoms with Crippen LogP contribution in [0.15, 0.2) is 230 Å². The van der Waals surface area contributed by atoms with Crippen molar-refractivity contribution in [3.8, 4) is 62.0 Å². The second-order valence-electron chi connectivity index (χ2n) is 17.4. The third-order valence-electron chi connectivity index (χ3n) is 13.7. The van der Waals surface area contributed by atoms with Crippen LogP contribution in [-0.2, 0) is 0 Å². The number of aromatic nitrogens is 2. The van der Waals surface area contributed by atoms with Crippen molar-refractivity contribution < 1.29 is 27.4 Å². The lowest BCUT2D eigenvalue weighted by Gasteiger charge is -2.26. The van der Waals surface area contributed by atoms with E-state index < -0.39 is 149 Å². The minimum absolute atomic E-state index is 0.0808. The van der Waals surface area contributed by atoms with E-state index in [1.165, 1.54) is 28.7 Å². The molecule has 0 aliphatic rings. The van der Waals surface area contributed by atoms with E-state index in [4.69, 9.17) is 13.7 Å². The normalized spacial score (nSPS) is 15.5. The van der Waals surface area contributed by atoms with Gasteiger partial charge in [0.2, 0.25) is 5.69 Å². The summed E-state index contributed by atoms with van der Waals surface area (Å²) >= 11 is 2.63. The highest BCUT2D eigenvalue weighted by Crippen LogP contribution is 2.55. The molecule has 0 atom stereocenters. The molecule has 74 heavy (non-hydrogen) atoms. The van der Waals surface area contributed by atoms with Crippen molar-refractivity contribution in [1.82, 2.24) is 9.13 Å². The predicted molar refractivity (Wildman–Crippen MR) is 314 cm³/mol.